The normalized spacial score (nSPS) is 24.0. The van der Waals surface area contributed by atoms with Crippen LogP contribution in [-0.4, -0.2) is 16.9 Å². The zero-order chi connectivity index (χ0) is 15.4. The van der Waals surface area contributed by atoms with Crippen molar-refractivity contribution in [3.63, 3.8) is 0 Å². The van der Waals surface area contributed by atoms with Gasteiger partial charge in [0.2, 0.25) is 0 Å². The van der Waals surface area contributed by atoms with Crippen molar-refractivity contribution in [3.8, 4) is 0 Å². The molecule has 1 atom stereocenters. The molecule has 0 spiro atoms. The lowest BCUT2D eigenvalue weighted by atomic mass is 9.87. The molecule has 21 heavy (non-hydrogen) atoms. The first-order valence-corrected chi connectivity index (χ1v) is 8.85. The van der Waals surface area contributed by atoms with Gasteiger partial charge in [-0.15, -0.1) is 11.3 Å². The first-order chi connectivity index (χ1) is 9.95. The summed E-state index contributed by atoms with van der Waals surface area (Å²) in [5.74, 6) is 1.28. The Hall–Kier alpha value is -0.940. The van der Waals surface area contributed by atoms with Crippen LogP contribution in [-0.2, 0) is 0 Å². The number of carbonyl (C=O) groups excluding carboxylic acids is 1. The highest BCUT2D eigenvalue weighted by Crippen LogP contribution is 2.25. The minimum absolute atomic E-state index is 0.0474. The fourth-order valence-electron chi connectivity index (χ4n) is 2.83. The van der Waals surface area contributed by atoms with Crippen LogP contribution in [0.4, 0.5) is 0 Å². The van der Waals surface area contributed by atoms with Crippen molar-refractivity contribution in [2.24, 2.45) is 17.6 Å². The fourth-order valence-corrected chi connectivity index (χ4v) is 3.65. The first-order valence-electron chi connectivity index (χ1n) is 7.97. The molecule has 0 saturated heterocycles. The molecule has 1 aromatic heterocycles. The number of nitrogens with zero attached hydrogens (tertiary/aromatic N) is 1. The van der Waals surface area contributed by atoms with E-state index in [4.69, 9.17) is 5.73 Å². The van der Waals surface area contributed by atoms with Gasteiger partial charge in [0.15, 0.2) is 0 Å². The number of hydrogen-bond acceptors (Lipinski definition) is 4. The van der Waals surface area contributed by atoms with Crippen LogP contribution in [0, 0.1) is 11.8 Å². The molecule has 1 aromatic rings. The lowest BCUT2D eigenvalue weighted by molar-refractivity contribution is 0.0918. The van der Waals surface area contributed by atoms with E-state index in [1.165, 1.54) is 24.2 Å². The largest absolute Gasteiger partial charge is 0.348 e. The third kappa shape index (κ3) is 4.78. The molecule has 1 saturated carbocycles. The number of hydrogen-bond donors (Lipinski definition) is 2. The molecule has 1 unspecified atom stereocenters. The highest BCUT2D eigenvalue weighted by atomic mass is 32.1. The van der Waals surface area contributed by atoms with Gasteiger partial charge in [0.25, 0.3) is 5.91 Å². The second-order valence-corrected chi connectivity index (χ2v) is 7.63. The van der Waals surface area contributed by atoms with Crippen molar-refractivity contribution in [2.45, 2.75) is 65.0 Å². The van der Waals surface area contributed by atoms with E-state index in [1.54, 1.807) is 0 Å². The van der Waals surface area contributed by atoms with Crippen LogP contribution < -0.4 is 11.1 Å². The maximum absolute atomic E-state index is 12.2. The quantitative estimate of drug-likeness (QED) is 0.874. The van der Waals surface area contributed by atoms with E-state index in [2.05, 4.69) is 31.1 Å². The van der Waals surface area contributed by atoms with Gasteiger partial charge in [-0.1, -0.05) is 20.8 Å². The number of carbonyl (C=O) groups is 1. The highest BCUT2D eigenvalue weighted by Gasteiger charge is 2.22. The molecule has 0 aromatic carbocycles. The minimum Gasteiger partial charge on any atom is -0.348 e. The molecule has 1 fully saturated rings. The highest BCUT2D eigenvalue weighted by molar-refractivity contribution is 7.09. The van der Waals surface area contributed by atoms with Crippen molar-refractivity contribution in [1.29, 1.82) is 0 Å². The van der Waals surface area contributed by atoms with Crippen LogP contribution in [0.5, 0.6) is 0 Å². The van der Waals surface area contributed by atoms with Crippen LogP contribution in [0.1, 0.15) is 74.4 Å². The molecule has 0 radical (unpaired) electrons. The molecule has 1 aliphatic carbocycles. The zero-order valence-corrected chi connectivity index (χ0v) is 14.1. The van der Waals surface area contributed by atoms with Crippen LogP contribution in [0.25, 0.3) is 0 Å². The summed E-state index contributed by atoms with van der Waals surface area (Å²) >= 11 is 1.49. The van der Waals surface area contributed by atoms with Gasteiger partial charge < -0.3 is 11.1 Å². The van der Waals surface area contributed by atoms with Crippen molar-refractivity contribution in [2.75, 3.05) is 0 Å². The molecule has 1 heterocycles. The molecule has 0 aliphatic heterocycles. The Morgan fingerprint density at radius 1 is 1.43 bits per heavy atom. The molecular formula is C16H27N3OS. The predicted molar refractivity (Wildman–Crippen MR) is 87.4 cm³/mol. The summed E-state index contributed by atoms with van der Waals surface area (Å²) in [6, 6.07) is 0.246. The zero-order valence-electron chi connectivity index (χ0n) is 13.3. The summed E-state index contributed by atoms with van der Waals surface area (Å²) in [7, 11) is 0. The van der Waals surface area contributed by atoms with Gasteiger partial charge in [-0.25, -0.2) is 4.98 Å². The van der Waals surface area contributed by atoms with Gasteiger partial charge in [0, 0.05) is 11.4 Å². The van der Waals surface area contributed by atoms with E-state index in [9.17, 15) is 4.79 Å². The fraction of sp³-hybridized carbons (Fsp3) is 0.750. The Kier molecular flexibility index (Phi) is 5.76. The molecule has 5 heteroatoms. The van der Waals surface area contributed by atoms with Crippen molar-refractivity contribution in [1.82, 2.24) is 10.3 Å². The Labute approximate surface area is 131 Å². The minimum atomic E-state index is -0.0629. The van der Waals surface area contributed by atoms with Crippen molar-refractivity contribution in [3.05, 3.63) is 16.1 Å². The molecule has 2 rings (SSSR count). The SMILES string of the molecule is CC(C)CC(N)c1nc(C(=O)NC2CCC(C)CC2)cs1. The second kappa shape index (κ2) is 7.36. The number of aromatic nitrogens is 1. The summed E-state index contributed by atoms with van der Waals surface area (Å²) in [5.41, 5.74) is 6.65. The summed E-state index contributed by atoms with van der Waals surface area (Å²) in [5, 5.41) is 5.81. The number of thiazole rings is 1. The Bertz CT molecular complexity index is 464. The molecular weight excluding hydrogens is 282 g/mol. The van der Waals surface area contributed by atoms with Crippen LogP contribution in [0.2, 0.25) is 0 Å². The number of rotatable bonds is 5. The first kappa shape index (κ1) is 16.4. The average Bonchev–Trinajstić information content (AvgIpc) is 2.90. The summed E-state index contributed by atoms with van der Waals surface area (Å²) in [6.45, 7) is 6.57. The smallest absolute Gasteiger partial charge is 0.270 e. The lowest BCUT2D eigenvalue weighted by Crippen LogP contribution is -2.37. The van der Waals surface area contributed by atoms with Crippen LogP contribution in [0.15, 0.2) is 5.38 Å². The summed E-state index contributed by atoms with van der Waals surface area (Å²) < 4.78 is 0. The molecule has 3 N–H and O–H groups in total. The lowest BCUT2D eigenvalue weighted by Gasteiger charge is -2.26. The Morgan fingerprint density at radius 3 is 2.71 bits per heavy atom. The Morgan fingerprint density at radius 2 is 2.10 bits per heavy atom. The van der Waals surface area contributed by atoms with Gasteiger partial charge in [0.1, 0.15) is 10.7 Å². The van der Waals surface area contributed by atoms with Crippen LogP contribution >= 0.6 is 11.3 Å². The molecule has 1 aliphatic rings. The van der Waals surface area contributed by atoms with Crippen LogP contribution in [0.3, 0.4) is 0 Å². The third-order valence-corrected chi connectivity index (χ3v) is 5.12. The summed E-state index contributed by atoms with van der Waals surface area (Å²) in [4.78, 5) is 16.7. The van der Waals surface area contributed by atoms with Gasteiger partial charge in [-0.2, -0.15) is 0 Å². The van der Waals surface area contributed by atoms with E-state index in [0.29, 0.717) is 17.7 Å². The van der Waals surface area contributed by atoms with Gasteiger partial charge in [-0.3, -0.25) is 4.79 Å². The molecule has 4 nitrogen and oxygen atoms in total. The van der Waals surface area contributed by atoms with E-state index in [1.807, 2.05) is 5.38 Å². The number of amides is 1. The molecule has 118 valence electrons. The maximum atomic E-state index is 12.2. The van der Waals surface area contributed by atoms with Gasteiger partial charge in [-0.05, 0) is 43.9 Å². The van der Waals surface area contributed by atoms with E-state index in [0.717, 1.165) is 30.2 Å². The average molecular weight is 309 g/mol. The van der Waals surface area contributed by atoms with E-state index in [-0.39, 0.29) is 11.9 Å². The predicted octanol–water partition coefficient (Wildman–Crippen LogP) is 3.50. The Balaban J connectivity index is 1.89. The van der Waals surface area contributed by atoms with E-state index < -0.39 is 0 Å². The topological polar surface area (TPSA) is 68.0 Å². The van der Waals surface area contributed by atoms with Crippen molar-refractivity contribution >= 4 is 17.2 Å². The van der Waals surface area contributed by atoms with Crippen molar-refractivity contribution < 1.29 is 4.79 Å². The summed E-state index contributed by atoms with van der Waals surface area (Å²) in [6.07, 6.45) is 5.46. The molecule has 1 amide bonds. The van der Waals surface area contributed by atoms with Gasteiger partial charge >= 0.3 is 0 Å². The van der Waals surface area contributed by atoms with Gasteiger partial charge in [0.05, 0.1) is 6.04 Å². The third-order valence-electron chi connectivity index (χ3n) is 4.15. The second-order valence-electron chi connectivity index (χ2n) is 6.74. The maximum Gasteiger partial charge on any atom is 0.270 e. The number of nitrogens with one attached hydrogen (secondary N) is 1. The van der Waals surface area contributed by atoms with E-state index >= 15 is 0 Å². The standard InChI is InChI=1S/C16H27N3OS/c1-10(2)8-13(17)16-19-14(9-21-16)15(20)18-12-6-4-11(3)5-7-12/h9-13H,4-8,17H2,1-3H3,(H,18,20). The monoisotopic (exact) mass is 309 g/mol. The number of nitrogens with two attached hydrogens (primary N) is 1. The molecule has 0 bridgehead atoms.